The molecule has 6 nitrogen and oxygen atoms in total. The van der Waals surface area contributed by atoms with E-state index in [0.717, 1.165) is 6.42 Å². The number of carboxylic acid groups (broad SMARTS) is 1. The van der Waals surface area contributed by atoms with Gasteiger partial charge in [-0.25, -0.2) is 4.79 Å². The molecule has 0 saturated carbocycles. The minimum Gasteiger partial charge on any atom is -0.480 e. The van der Waals surface area contributed by atoms with Crippen LogP contribution in [0.5, 0.6) is 0 Å². The van der Waals surface area contributed by atoms with Crippen LogP contribution < -0.4 is 5.32 Å². The van der Waals surface area contributed by atoms with Crippen molar-refractivity contribution in [2.45, 2.75) is 65.5 Å². The van der Waals surface area contributed by atoms with Gasteiger partial charge in [-0.3, -0.25) is 9.59 Å². The molecular weight excluding hydrogens is 272 g/mol. The molecule has 6 heteroatoms. The number of carbonyl (C=O) groups is 3. The van der Waals surface area contributed by atoms with Crippen molar-refractivity contribution in [3.05, 3.63) is 0 Å². The fraction of sp³-hybridized carbons (Fsp3) is 0.800. The molecule has 2 amide bonds. The van der Waals surface area contributed by atoms with E-state index in [0.29, 0.717) is 25.8 Å². The molecule has 0 aromatic heterocycles. The van der Waals surface area contributed by atoms with E-state index in [9.17, 15) is 14.4 Å². The number of rotatable bonds is 5. The Morgan fingerprint density at radius 2 is 1.95 bits per heavy atom. The molecule has 0 aromatic carbocycles. The Labute approximate surface area is 125 Å². The zero-order chi connectivity index (χ0) is 16.2. The molecule has 1 heterocycles. The third kappa shape index (κ3) is 4.44. The Kier molecular flexibility index (Phi) is 5.75. The minimum absolute atomic E-state index is 0.0671. The molecule has 0 radical (unpaired) electrons. The molecule has 21 heavy (non-hydrogen) atoms. The standard InChI is InChI=1S/C15H26N2O4/c1-5-7-10(13(19)20)16-12(18)11-8-6-9-17(11)14(21)15(2,3)4/h10-11H,5-9H2,1-4H3,(H,16,18)(H,19,20)/t10-,11?/m1/s1. The van der Waals surface area contributed by atoms with Crippen LogP contribution in [0.4, 0.5) is 0 Å². The van der Waals surface area contributed by atoms with Crippen LogP contribution in [0.25, 0.3) is 0 Å². The lowest BCUT2D eigenvalue weighted by Gasteiger charge is -2.30. The van der Waals surface area contributed by atoms with Gasteiger partial charge in [0.05, 0.1) is 0 Å². The lowest BCUT2D eigenvalue weighted by atomic mass is 9.94. The summed E-state index contributed by atoms with van der Waals surface area (Å²) in [6.45, 7) is 7.88. The first-order chi connectivity index (χ1) is 9.68. The van der Waals surface area contributed by atoms with E-state index in [-0.39, 0.29) is 11.8 Å². The second kappa shape index (κ2) is 6.91. The molecule has 1 aliphatic heterocycles. The van der Waals surface area contributed by atoms with Crippen molar-refractivity contribution in [3.8, 4) is 0 Å². The molecule has 2 atom stereocenters. The second-order valence-corrected chi connectivity index (χ2v) is 6.59. The Hall–Kier alpha value is -1.59. The van der Waals surface area contributed by atoms with Crippen LogP contribution in [-0.4, -0.2) is 46.4 Å². The zero-order valence-corrected chi connectivity index (χ0v) is 13.3. The number of hydrogen-bond acceptors (Lipinski definition) is 3. The van der Waals surface area contributed by atoms with Crippen molar-refractivity contribution in [2.75, 3.05) is 6.54 Å². The van der Waals surface area contributed by atoms with Crippen molar-refractivity contribution in [2.24, 2.45) is 5.41 Å². The molecular formula is C15H26N2O4. The average molecular weight is 298 g/mol. The highest BCUT2D eigenvalue weighted by Crippen LogP contribution is 2.25. The fourth-order valence-electron chi connectivity index (χ4n) is 2.53. The molecule has 1 fully saturated rings. The minimum atomic E-state index is -1.03. The van der Waals surface area contributed by atoms with Crippen molar-refractivity contribution < 1.29 is 19.5 Å². The van der Waals surface area contributed by atoms with Gasteiger partial charge in [-0.1, -0.05) is 34.1 Å². The van der Waals surface area contributed by atoms with Gasteiger partial charge in [-0.15, -0.1) is 0 Å². The number of likely N-dealkylation sites (tertiary alicyclic amines) is 1. The van der Waals surface area contributed by atoms with E-state index in [1.54, 1.807) is 4.90 Å². The number of hydrogen-bond donors (Lipinski definition) is 2. The lowest BCUT2D eigenvalue weighted by Crippen LogP contribution is -2.52. The number of aliphatic carboxylic acids is 1. The zero-order valence-electron chi connectivity index (χ0n) is 13.3. The van der Waals surface area contributed by atoms with Crippen LogP contribution in [0.3, 0.4) is 0 Å². The topological polar surface area (TPSA) is 86.7 Å². The van der Waals surface area contributed by atoms with Gasteiger partial charge in [0, 0.05) is 12.0 Å². The second-order valence-electron chi connectivity index (χ2n) is 6.59. The van der Waals surface area contributed by atoms with Crippen LogP contribution in [0, 0.1) is 5.41 Å². The maximum atomic E-state index is 12.4. The Morgan fingerprint density at radius 1 is 1.33 bits per heavy atom. The van der Waals surface area contributed by atoms with E-state index in [1.165, 1.54) is 0 Å². The molecule has 1 unspecified atom stereocenters. The van der Waals surface area contributed by atoms with Gasteiger partial charge in [0.2, 0.25) is 11.8 Å². The highest BCUT2D eigenvalue weighted by Gasteiger charge is 2.39. The summed E-state index contributed by atoms with van der Waals surface area (Å²) in [5.41, 5.74) is -0.543. The molecule has 2 N–H and O–H groups in total. The van der Waals surface area contributed by atoms with Crippen LogP contribution in [0.15, 0.2) is 0 Å². The summed E-state index contributed by atoms with van der Waals surface area (Å²) >= 11 is 0. The van der Waals surface area contributed by atoms with Gasteiger partial charge in [0.15, 0.2) is 0 Å². The van der Waals surface area contributed by atoms with Crippen LogP contribution in [0.2, 0.25) is 0 Å². The maximum absolute atomic E-state index is 12.4. The normalized spacial score (nSPS) is 20.2. The van der Waals surface area contributed by atoms with Gasteiger partial charge < -0.3 is 15.3 Å². The Bertz CT molecular complexity index is 414. The van der Waals surface area contributed by atoms with Crippen molar-refractivity contribution >= 4 is 17.8 Å². The average Bonchev–Trinajstić information content (AvgIpc) is 2.84. The summed E-state index contributed by atoms with van der Waals surface area (Å²) in [6.07, 6.45) is 2.42. The molecule has 120 valence electrons. The molecule has 1 aliphatic rings. The maximum Gasteiger partial charge on any atom is 0.326 e. The smallest absolute Gasteiger partial charge is 0.326 e. The van der Waals surface area contributed by atoms with Crippen LogP contribution in [0.1, 0.15) is 53.4 Å². The summed E-state index contributed by atoms with van der Waals surface area (Å²) in [4.78, 5) is 37.4. The van der Waals surface area contributed by atoms with E-state index in [4.69, 9.17) is 5.11 Å². The van der Waals surface area contributed by atoms with Gasteiger partial charge >= 0.3 is 5.97 Å². The van der Waals surface area contributed by atoms with Crippen LogP contribution >= 0.6 is 0 Å². The largest absolute Gasteiger partial charge is 0.480 e. The van der Waals surface area contributed by atoms with Gasteiger partial charge in [-0.2, -0.15) is 0 Å². The van der Waals surface area contributed by atoms with Gasteiger partial charge in [0.1, 0.15) is 12.1 Å². The summed E-state index contributed by atoms with van der Waals surface area (Å²) in [5.74, 6) is -1.45. The highest BCUT2D eigenvalue weighted by atomic mass is 16.4. The lowest BCUT2D eigenvalue weighted by molar-refractivity contribution is -0.146. The summed E-state index contributed by atoms with van der Waals surface area (Å²) in [6, 6.07) is -1.43. The first-order valence-corrected chi connectivity index (χ1v) is 7.52. The van der Waals surface area contributed by atoms with E-state index in [2.05, 4.69) is 5.32 Å². The number of amides is 2. The SMILES string of the molecule is CCC[C@@H](NC(=O)C1CCCN1C(=O)C(C)(C)C)C(=O)O. The van der Waals surface area contributed by atoms with Gasteiger partial charge in [-0.05, 0) is 19.3 Å². The first-order valence-electron chi connectivity index (χ1n) is 7.52. The van der Waals surface area contributed by atoms with E-state index < -0.39 is 23.5 Å². The van der Waals surface area contributed by atoms with E-state index >= 15 is 0 Å². The fourth-order valence-corrected chi connectivity index (χ4v) is 2.53. The molecule has 0 spiro atoms. The van der Waals surface area contributed by atoms with Crippen molar-refractivity contribution in [1.29, 1.82) is 0 Å². The highest BCUT2D eigenvalue weighted by molar-refractivity contribution is 5.92. The molecule has 0 aliphatic carbocycles. The Balaban J connectivity index is 2.76. The monoisotopic (exact) mass is 298 g/mol. The predicted octanol–water partition coefficient (Wildman–Crippen LogP) is 1.39. The Morgan fingerprint density at radius 3 is 2.43 bits per heavy atom. The summed E-state index contributed by atoms with van der Waals surface area (Å²) in [5, 5.41) is 11.7. The summed E-state index contributed by atoms with van der Waals surface area (Å²) < 4.78 is 0. The third-order valence-electron chi connectivity index (χ3n) is 3.65. The predicted molar refractivity (Wildman–Crippen MR) is 78.7 cm³/mol. The number of carboxylic acids is 1. The van der Waals surface area contributed by atoms with Crippen LogP contribution in [-0.2, 0) is 14.4 Å². The van der Waals surface area contributed by atoms with Gasteiger partial charge in [0.25, 0.3) is 0 Å². The molecule has 0 aromatic rings. The van der Waals surface area contributed by atoms with Crippen molar-refractivity contribution in [3.63, 3.8) is 0 Å². The van der Waals surface area contributed by atoms with E-state index in [1.807, 2.05) is 27.7 Å². The molecule has 0 bridgehead atoms. The summed E-state index contributed by atoms with van der Waals surface area (Å²) in [7, 11) is 0. The number of nitrogens with one attached hydrogen (secondary N) is 1. The third-order valence-corrected chi connectivity index (χ3v) is 3.65. The molecule has 1 rings (SSSR count). The first kappa shape index (κ1) is 17.5. The quantitative estimate of drug-likeness (QED) is 0.803. The molecule has 1 saturated heterocycles. The van der Waals surface area contributed by atoms with Crippen molar-refractivity contribution in [1.82, 2.24) is 10.2 Å². The number of carbonyl (C=O) groups excluding carboxylic acids is 2. The number of nitrogens with zero attached hydrogens (tertiary/aromatic N) is 1.